The highest BCUT2D eigenvalue weighted by Crippen LogP contribution is 2.32. The Morgan fingerprint density at radius 3 is 0.868 bits per heavy atom. The fraction of sp³-hybridized carbons (Fsp3) is 0.625. The normalized spacial score (nSPS) is 14.1. The van der Waals surface area contributed by atoms with E-state index >= 15 is 0 Å². The molecule has 38 heavy (non-hydrogen) atoms. The zero-order chi connectivity index (χ0) is 28.9. The lowest BCUT2D eigenvalue weighted by atomic mass is 10.2. The molecular weight excluding hydrogens is 505 g/mol. The van der Waals surface area contributed by atoms with Gasteiger partial charge in [-0.25, -0.2) is 0 Å². The van der Waals surface area contributed by atoms with E-state index in [2.05, 4.69) is 144 Å². The third-order valence-corrected chi connectivity index (χ3v) is 13.8. The average molecular weight is 559 g/mol. The van der Waals surface area contributed by atoms with Crippen LogP contribution in [0.25, 0.3) is 0 Å². The van der Waals surface area contributed by atoms with E-state index in [0.29, 0.717) is 0 Å². The fourth-order valence-corrected chi connectivity index (χ4v) is 13.2. The molecule has 0 saturated heterocycles. The van der Waals surface area contributed by atoms with Crippen LogP contribution in [0.4, 0.5) is 0 Å². The Morgan fingerprint density at radius 1 is 0.421 bits per heavy atom. The highest BCUT2D eigenvalue weighted by molar-refractivity contribution is 6.82. The van der Waals surface area contributed by atoms with Crippen LogP contribution in [-0.2, 0) is 17.7 Å². The standard InChI is InChI=1S/C32H54O4Si2/c1-29(2,3)33-37(34-30(4,5)6,27-21-15-13-16-22-27)25-19-20-26-38(35-31(7,8)9,36-32(10,11)12)28-23-17-14-18-24-28/h13-18,21-24H,19-20,25-26H2,1-12H3. The van der Waals surface area contributed by atoms with Crippen molar-refractivity contribution >= 4 is 27.5 Å². The molecule has 0 radical (unpaired) electrons. The zero-order valence-corrected chi connectivity index (χ0v) is 28.2. The van der Waals surface area contributed by atoms with Crippen molar-refractivity contribution < 1.29 is 17.7 Å². The van der Waals surface area contributed by atoms with Crippen LogP contribution in [0.2, 0.25) is 12.1 Å². The lowest BCUT2D eigenvalue weighted by Crippen LogP contribution is -2.61. The summed E-state index contributed by atoms with van der Waals surface area (Å²) in [5, 5.41) is 2.38. The Kier molecular flexibility index (Phi) is 10.8. The molecule has 0 bridgehead atoms. The van der Waals surface area contributed by atoms with Crippen LogP contribution >= 0.6 is 0 Å². The van der Waals surface area contributed by atoms with Gasteiger partial charge < -0.3 is 17.7 Å². The smallest absolute Gasteiger partial charge is 0.373 e. The Bertz CT molecular complexity index is 851. The van der Waals surface area contributed by atoms with Gasteiger partial charge in [-0.3, -0.25) is 0 Å². The van der Waals surface area contributed by atoms with Gasteiger partial charge in [0.05, 0.1) is 22.4 Å². The second kappa shape index (κ2) is 12.5. The van der Waals surface area contributed by atoms with Crippen LogP contribution in [0.3, 0.4) is 0 Å². The van der Waals surface area contributed by atoms with Crippen molar-refractivity contribution in [2.75, 3.05) is 0 Å². The first-order valence-corrected chi connectivity index (χ1v) is 18.2. The lowest BCUT2D eigenvalue weighted by Gasteiger charge is -2.42. The summed E-state index contributed by atoms with van der Waals surface area (Å²) in [7, 11) is -5.56. The van der Waals surface area contributed by atoms with Crippen molar-refractivity contribution in [3.8, 4) is 0 Å². The Labute approximate surface area is 235 Å². The predicted molar refractivity (Wildman–Crippen MR) is 166 cm³/mol. The average Bonchev–Trinajstić information content (AvgIpc) is 2.73. The Hall–Kier alpha value is -1.29. The highest BCUT2D eigenvalue weighted by Gasteiger charge is 2.48. The van der Waals surface area contributed by atoms with Crippen molar-refractivity contribution in [2.45, 2.75) is 130 Å². The second-order valence-corrected chi connectivity index (χ2v) is 20.3. The van der Waals surface area contributed by atoms with Crippen LogP contribution in [-0.4, -0.2) is 39.5 Å². The Balaban J connectivity index is 2.42. The first-order valence-electron chi connectivity index (χ1n) is 14.2. The summed E-state index contributed by atoms with van der Waals surface area (Å²) in [5.41, 5.74) is -1.28. The van der Waals surface area contributed by atoms with Gasteiger partial charge in [-0.2, -0.15) is 0 Å². The molecule has 0 N–H and O–H groups in total. The summed E-state index contributed by atoms with van der Waals surface area (Å²) < 4.78 is 27.7. The van der Waals surface area contributed by atoms with Gasteiger partial charge in [0.15, 0.2) is 0 Å². The van der Waals surface area contributed by atoms with E-state index in [4.69, 9.17) is 17.7 Å². The van der Waals surface area contributed by atoms with Crippen LogP contribution in [0.5, 0.6) is 0 Å². The van der Waals surface area contributed by atoms with Gasteiger partial charge in [0.1, 0.15) is 0 Å². The lowest BCUT2D eigenvalue weighted by molar-refractivity contribution is 0.0186. The number of rotatable bonds is 11. The van der Waals surface area contributed by atoms with Crippen LogP contribution in [0.15, 0.2) is 60.7 Å². The van der Waals surface area contributed by atoms with Gasteiger partial charge in [0.25, 0.3) is 0 Å². The molecule has 0 fully saturated rings. The molecule has 0 saturated carbocycles. The van der Waals surface area contributed by atoms with Gasteiger partial charge in [-0.05, 0) is 106 Å². The van der Waals surface area contributed by atoms with Crippen LogP contribution in [0.1, 0.15) is 95.9 Å². The van der Waals surface area contributed by atoms with Gasteiger partial charge in [-0.15, -0.1) is 0 Å². The van der Waals surface area contributed by atoms with Crippen molar-refractivity contribution in [1.29, 1.82) is 0 Å². The molecule has 2 aromatic carbocycles. The summed E-state index contributed by atoms with van der Waals surface area (Å²) >= 11 is 0. The van der Waals surface area contributed by atoms with E-state index in [0.717, 1.165) is 24.9 Å². The quantitative estimate of drug-likeness (QED) is 0.209. The topological polar surface area (TPSA) is 36.9 Å². The van der Waals surface area contributed by atoms with E-state index in [1.54, 1.807) is 0 Å². The minimum absolute atomic E-state index is 0.319. The highest BCUT2D eigenvalue weighted by atomic mass is 28.4. The third kappa shape index (κ3) is 11.1. The maximum atomic E-state index is 6.93. The minimum atomic E-state index is -2.78. The van der Waals surface area contributed by atoms with E-state index in [-0.39, 0.29) is 22.4 Å². The molecule has 4 nitrogen and oxygen atoms in total. The summed E-state index contributed by atoms with van der Waals surface area (Å²) in [6.45, 7) is 25.6. The molecule has 2 aromatic rings. The molecule has 0 spiro atoms. The largest absolute Gasteiger partial charge is 0.386 e. The van der Waals surface area contributed by atoms with E-state index in [9.17, 15) is 0 Å². The van der Waals surface area contributed by atoms with E-state index in [1.807, 2.05) is 0 Å². The summed E-state index contributed by atoms with van der Waals surface area (Å²) in [6, 6.07) is 23.0. The molecule has 0 aliphatic heterocycles. The van der Waals surface area contributed by atoms with Crippen molar-refractivity contribution in [3.63, 3.8) is 0 Å². The van der Waals surface area contributed by atoms with E-state index < -0.39 is 17.1 Å². The monoisotopic (exact) mass is 558 g/mol. The molecule has 214 valence electrons. The molecule has 2 rings (SSSR count). The van der Waals surface area contributed by atoms with Gasteiger partial charge in [0, 0.05) is 0 Å². The van der Waals surface area contributed by atoms with Crippen LogP contribution < -0.4 is 10.4 Å². The number of unbranched alkanes of at least 4 members (excludes halogenated alkanes) is 1. The molecule has 0 aliphatic rings. The first-order chi connectivity index (χ1) is 17.2. The van der Waals surface area contributed by atoms with Crippen molar-refractivity contribution in [3.05, 3.63) is 60.7 Å². The molecule has 0 amide bonds. The van der Waals surface area contributed by atoms with Crippen molar-refractivity contribution in [1.82, 2.24) is 0 Å². The molecule has 0 unspecified atom stereocenters. The summed E-state index contributed by atoms with van der Waals surface area (Å²) in [5.74, 6) is 0. The number of hydrogen-bond acceptors (Lipinski definition) is 4. The van der Waals surface area contributed by atoms with Gasteiger partial charge in [0.2, 0.25) is 0 Å². The summed E-state index contributed by atoms with van der Waals surface area (Å²) in [6.07, 6.45) is 1.94. The molecular formula is C32H54O4Si2. The predicted octanol–water partition coefficient (Wildman–Crippen LogP) is 7.73. The first kappa shape index (κ1) is 32.9. The molecule has 0 aliphatic carbocycles. The zero-order valence-electron chi connectivity index (χ0n) is 26.2. The maximum absolute atomic E-state index is 6.93. The number of hydrogen-bond donors (Lipinski definition) is 0. The Morgan fingerprint density at radius 2 is 0.658 bits per heavy atom. The summed E-state index contributed by atoms with van der Waals surface area (Å²) in [4.78, 5) is 0. The molecule has 0 aromatic heterocycles. The molecule has 0 heterocycles. The minimum Gasteiger partial charge on any atom is -0.386 e. The van der Waals surface area contributed by atoms with Gasteiger partial charge in [-0.1, -0.05) is 73.5 Å². The molecule has 6 heteroatoms. The third-order valence-electron chi connectivity index (χ3n) is 5.57. The second-order valence-electron chi connectivity index (χ2n) is 14.3. The molecule has 0 atom stereocenters. The SMILES string of the molecule is CC(C)(C)O[Si](CCCC[Si](OC(C)(C)C)(OC(C)(C)C)c1ccccc1)(OC(C)(C)C)c1ccccc1. The van der Waals surface area contributed by atoms with E-state index in [1.165, 1.54) is 10.4 Å². The van der Waals surface area contributed by atoms with Crippen molar-refractivity contribution in [2.24, 2.45) is 0 Å². The maximum Gasteiger partial charge on any atom is 0.373 e. The fourth-order valence-electron chi connectivity index (χ4n) is 4.85. The number of benzene rings is 2. The van der Waals surface area contributed by atoms with Crippen LogP contribution in [0, 0.1) is 0 Å². The van der Waals surface area contributed by atoms with Gasteiger partial charge >= 0.3 is 17.1 Å².